The standard InChI is InChI=1S/C31H24N3.ClHO4/c1-4-12-23(13-5-1)26-20-29(24-14-6-2-7-15-24)34(30(21-26)25-16-8-3-9-17-25)22-31-32-27-18-10-11-19-28(27)33-31;2-1(3,4)5/h1-21H,22H2,(H,32,33);(H,2,3,4,5)/q+1;/p-1. The first-order valence-corrected chi connectivity index (χ1v) is 13.4. The monoisotopic (exact) mass is 537 g/mol. The lowest BCUT2D eigenvalue weighted by Crippen LogP contribution is -2.68. The first-order chi connectivity index (χ1) is 18.8. The van der Waals surface area contributed by atoms with Crippen molar-refractivity contribution in [1.29, 1.82) is 0 Å². The molecule has 1 N–H and O–H groups in total. The van der Waals surface area contributed by atoms with Crippen molar-refractivity contribution in [2.24, 2.45) is 0 Å². The van der Waals surface area contributed by atoms with E-state index in [9.17, 15) is 0 Å². The average Bonchev–Trinajstić information content (AvgIpc) is 3.36. The maximum Gasteiger partial charge on any atom is 0.214 e. The highest BCUT2D eigenvalue weighted by Crippen LogP contribution is 2.29. The molecule has 0 bridgehead atoms. The molecule has 0 unspecified atom stereocenters. The van der Waals surface area contributed by atoms with E-state index in [-0.39, 0.29) is 0 Å². The fourth-order valence-electron chi connectivity index (χ4n) is 4.52. The zero-order chi connectivity index (χ0) is 27.2. The second-order valence-corrected chi connectivity index (χ2v) is 9.53. The highest BCUT2D eigenvalue weighted by molar-refractivity contribution is 5.75. The molecule has 6 aromatic rings. The molecule has 4 aromatic carbocycles. The maximum atomic E-state index is 8.49. The number of aromatic nitrogens is 3. The summed E-state index contributed by atoms with van der Waals surface area (Å²) in [4.78, 5) is 8.40. The minimum absolute atomic E-state index is 0.637. The van der Waals surface area contributed by atoms with Gasteiger partial charge in [-0.25, -0.2) is 23.6 Å². The summed E-state index contributed by atoms with van der Waals surface area (Å²) in [6, 6.07) is 44.6. The number of imidazole rings is 1. The van der Waals surface area contributed by atoms with Crippen molar-refractivity contribution in [3.05, 3.63) is 133 Å². The highest BCUT2D eigenvalue weighted by Gasteiger charge is 2.24. The SMILES string of the molecule is [O-][Cl+3]([O-])([O-])[O-].c1ccc(-c2cc(-c3ccccc3)[n+](Cc3nc4ccccc4[nH]3)c(-c3ccccc3)c2)cc1. The van der Waals surface area contributed by atoms with Crippen molar-refractivity contribution < 1.29 is 33.4 Å². The number of pyridine rings is 1. The third-order valence-corrected chi connectivity index (χ3v) is 6.16. The van der Waals surface area contributed by atoms with Crippen LogP contribution >= 0.6 is 0 Å². The number of rotatable bonds is 5. The van der Waals surface area contributed by atoms with E-state index in [1.54, 1.807) is 0 Å². The quantitative estimate of drug-likeness (QED) is 0.337. The zero-order valence-corrected chi connectivity index (χ0v) is 21.5. The van der Waals surface area contributed by atoms with Gasteiger partial charge in [0.05, 0.1) is 11.0 Å². The normalized spacial score (nSPS) is 11.2. The third-order valence-electron chi connectivity index (χ3n) is 6.16. The number of nitrogens with zero attached hydrogens (tertiary/aromatic N) is 2. The lowest BCUT2D eigenvalue weighted by atomic mass is 9.99. The van der Waals surface area contributed by atoms with E-state index in [0.717, 1.165) is 28.2 Å². The van der Waals surface area contributed by atoms with Crippen LogP contribution in [-0.4, -0.2) is 9.97 Å². The van der Waals surface area contributed by atoms with Crippen LogP contribution < -0.4 is 23.2 Å². The van der Waals surface area contributed by atoms with Crippen LogP contribution in [0.15, 0.2) is 127 Å². The molecule has 39 heavy (non-hydrogen) atoms. The van der Waals surface area contributed by atoms with Crippen LogP contribution in [0.2, 0.25) is 0 Å². The molecule has 0 aliphatic carbocycles. The lowest BCUT2D eigenvalue weighted by molar-refractivity contribution is -2.00. The van der Waals surface area contributed by atoms with Crippen LogP contribution in [0.4, 0.5) is 0 Å². The summed E-state index contributed by atoms with van der Waals surface area (Å²) in [6.07, 6.45) is 0. The molecule has 2 heterocycles. The van der Waals surface area contributed by atoms with E-state index in [1.807, 2.05) is 12.1 Å². The molecule has 2 aromatic heterocycles. The molecule has 0 fully saturated rings. The van der Waals surface area contributed by atoms with Crippen LogP contribution in [0.3, 0.4) is 0 Å². The van der Waals surface area contributed by atoms with Crippen LogP contribution in [0.25, 0.3) is 44.7 Å². The Morgan fingerprint density at radius 1 is 0.564 bits per heavy atom. The Labute approximate surface area is 227 Å². The van der Waals surface area contributed by atoms with Gasteiger partial charge in [0, 0.05) is 23.3 Å². The van der Waals surface area contributed by atoms with E-state index >= 15 is 0 Å². The molecule has 8 heteroatoms. The topological polar surface area (TPSA) is 125 Å². The Kier molecular flexibility index (Phi) is 7.79. The molecule has 6 rings (SSSR count). The van der Waals surface area contributed by atoms with Gasteiger partial charge in [-0.3, -0.25) is 0 Å². The predicted octanol–water partition coefficient (Wildman–Crippen LogP) is 2.14. The Morgan fingerprint density at radius 2 is 1.00 bits per heavy atom. The largest absolute Gasteiger partial charge is 0.337 e. The number of halogens is 1. The van der Waals surface area contributed by atoms with Crippen LogP contribution in [0.1, 0.15) is 5.82 Å². The van der Waals surface area contributed by atoms with Crippen molar-refractivity contribution in [1.82, 2.24) is 9.97 Å². The fraction of sp³-hybridized carbons (Fsp3) is 0.0323. The van der Waals surface area contributed by atoms with Gasteiger partial charge >= 0.3 is 0 Å². The summed E-state index contributed by atoms with van der Waals surface area (Å²) in [5, 5.41) is 0. The minimum Gasteiger partial charge on any atom is -0.337 e. The number of benzene rings is 4. The van der Waals surface area contributed by atoms with E-state index in [2.05, 4.69) is 125 Å². The van der Waals surface area contributed by atoms with Gasteiger partial charge in [0.1, 0.15) is 0 Å². The molecule has 0 amide bonds. The van der Waals surface area contributed by atoms with Crippen molar-refractivity contribution in [2.45, 2.75) is 6.54 Å². The summed E-state index contributed by atoms with van der Waals surface area (Å²) >= 11 is 0. The molecule has 0 aliphatic rings. The molecule has 0 atom stereocenters. The van der Waals surface area contributed by atoms with Gasteiger partial charge in [-0.2, -0.15) is 4.57 Å². The first-order valence-electron chi connectivity index (χ1n) is 12.1. The third kappa shape index (κ3) is 6.74. The molecular weight excluding hydrogens is 514 g/mol. The molecule has 0 spiro atoms. The number of nitrogens with one attached hydrogen (secondary N) is 1. The predicted molar refractivity (Wildman–Crippen MR) is 138 cm³/mol. The van der Waals surface area contributed by atoms with E-state index in [4.69, 9.17) is 23.6 Å². The van der Waals surface area contributed by atoms with Crippen molar-refractivity contribution in [3.8, 4) is 33.6 Å². The smallest absolute Gasteiger partial charge is 0.214 e. The second-order valence-electron chi connectivity index (χ2n) is 8.78. The maximum absolute atomic E-state index is 8.49. The summed E-state index contributed by atoms with van der Waals surface area (Å²) in [7, 11) is -4.94. The number of aromatic amines is 1. The average molecular weight is 538 g/mol. The Bertz CT molecular complexity index is 1570. The number of hydrogen-bond donors (Lipinski definition) is 1. The number of para-hydroxylation sites is 2. The van der Waals surface area contributed by atoms with Gasteiger partial charge in [0.15, 0.2) is 5.82 Å². The second kappa shape index (κ2) is 11.6. The van der Waals surface area contributed by atoms with Crippen LogP contribution in [-0.2, 0) is 6.54 Å². The van der Waals surface area contributed by atoms with Gasteiger partial charge in [0.2, 0.25) is 17.9 Å². The summed E-state index contributed by atoms with van der Waals surface area (Å²) in [5.41, 5.74) is 9.10. The molecule has 0 radical (unpaired) electrons. The summed E-state index contributed by atoms with van der Waals surface area (Å²) < 4.78 is 36.3. The molecule has 194 valence electrons. The molecule has 0 aliphatic heterocycles. The lowest BCUT2D eigenvalue weighted by Gasteiger charge is -2.17. The summed E-state index contributed by atoms with van der Waals surface area (Å²) in [6.45, 7) is 0.637. The van der Waals surface area contributed by atoms with Gasteiger partial charge in [-0.05, 0) is 47.5 Å². The zero-order valence-electron chi connectivity index (χ0n) is 20.7. The van der Waals surface area contributed by atoms with Gasteiger partial charge in [0.25, 0.3) is 0 Å². The van der Waals surface area contributed by atoms with E-state index in [1.165, 1.54) is 22.3 Å². The van der Waals surface area contributed by atoms with Crippen LogP contribution in [0, 0.1) is 10.2 Å². The molecular formula is C31H24ClN3O4. The van der Waals surface area contributed by atoms with E-state index in [0.29, 0.717) is 6.54 Å². The molecule has 0 saturated carbocycles. The van der Waals surface area contributed by atoms with Crippen molar-refractivity contribution >= 4 is 11.0 Å². The number of H-pyrrole nitrogens is 1. The number of fused-ring (bicyclic) bond motifs is 1. The van der Waals surface area contributed by atoms with Gasteiger partial charge < -0.3 is 4.98 Å². The van der Waals surface area contributed by atoms with Gasteiger partial charge in [-0.1, -0.05) is 78.9 Å². The van der Waals surface area contributed by atoms with Crippen molar-refractivity contribution in [3.63, 3.8) is 0 Å². The summed E-state index contributed by atoms with van der Waals surface area (Å²) in [5.74, 6) is 0.938. The number of hydrogen-bond acceptors (Lipinski definition) is 5. The van der Waals surface area contributed by atoms with Gasteiger partial charge in [-0.15, -0.1) is 10.2 Å². The van der Waals surface area contributed by atoms with Crippen LogP contribution in [0.5, 0.6) is 0 Å². The Balaban J connectivity index is 0.000000567. The minimum atomic E-state index is -4.94. The highest BCUT2D eigenvalue weighted by atomic mass is 35.7. The molecule has 7 nitrogen and oxygen atoms in total. The van der Waals surface area contributed by atoms with Crippen molar-refractivity contribution in [2.75, 3.05) is 0 Å². The first kappa shape index (κ1) is 26.2. The Morgan fingerprint density at radius 3 is 1.49 bits per heavy atom. The fourth-order valence-corrected chi connectivity index (χ4v) is 4.52. The molecule has 0 saturated heterocycles. The Hall–Kier alpha value is -4.37. The van der Waals surface area contributed by atoms with E-state index < -0.39 is 10.2 Å².